The molecule has 13 heavy (non-hydrogen) atoms. The summed E-state index contributed by atoms with van der Waals surface area (Å²) in [7, 11) is 2.99. The Morgan fingerprint density at radius 3 is 2.92 bits per heavy atom. The first-order chi connectivity index (χ1) is 6.06. The number of hydrogen-bond acceptors (Lipinski definition) is 4. The van der Waals surface area contributed by atoms with Gasteiger partial charge in [0.25, 0.3) is 0 Å². The quantitative estimate of drug-likeness (QED) is 0.397. The van der Waals surface area contributed by atoms with Crippen molar-refractivity contribution in [2.75, 3.05) is 7.11 Å². The molecular formula is C7H9N3O3. The largest absolute Gasteiger partial charge is 0.495 e. The molecule has 0 aromatic carbocycles. The zero-order valence-electron chi connectivity index (χ0n) is 7.35. The van der Waals surface area contributed by atoms with Gasteiger partial charge in [0.05, 0.1) is 12.0 Å². The highest BCUT2D eigenvalue weighted by Crippen LogP contribution is 2.22. The van der Waals surface area contributed by atoms with E-state index in [4.69, 9.17) is 4.74 Å². The molecule has 0 aliphatic heterocycles. The third-order valence-corrected chi connectivity index (χ3v) is 1.52. The average Bonchev–Trinajstić information content (AvgIpc) is 2.46. The molecule has 0 saturated heterocycles. The molecule has 0 N–H and O–H groups in total. The number of rotatable bonds is 3. The first-order valence-electron chi connectivity index (χ1n) is 3.47. The lowest BCUT2D eigenvalue weighted by atomic mass is 10.3. The molecule has 1 rings (SSSR count). The first-order valence-corrected chi connectivity index (χ1v) is 3.47. The molecule has 0 bridgehead atoms. The third-order valence-electron chi connectivity index (χ3n) is 1.52. The van der Waals surface area contributed by atoms with Crippen LogP contribution in [0.15, 0.2) is 12.8 Å². The summed E-state index contributed by atoms with van der Waals surface area (Å²) in [4.78, 5) is 9.99. The lowest BCUT2D eigenvalue weighted by molar-refractivity contribution is -0.385. The van der Waals surface area contributed by atoms with Crippen LogP contribution >= 0.6 is 0 Å². The Kier molecular flexibility index (Phi) is 2.32. The highest BCUT2D eigenvalue weighted by Gasteiger charge is 2.20. The molecule has 70 valence electrons. The number of aromatic nitrogens is 2. The lowest BCUT2D eigenvalue weighted by Crippen LogP contribution is -1.94. The molecule has 0 atom stereocenters. The summed E-state index contributed by atoms with van der Waals surface area (Å²) in [6.07, 6.45) is 1.31. The molecule has 1 aromatic rings. The summed E-state index contributed by atoms with van der Waals surface area (Å²) in [5, 5.41) is 14.4. The van der Waals surface area contributed by atoms with Crippen LogP contribution in [0.4, 0.5) is 5.69 Å². The zero-order valence-corrected chi connectivity index (χ0v) is 7.35. The molecule has 0 unspecified atom stereocenters. The number of methoxy groups -OCH3 is 1. The van der Waals surface area contributed by atoms with Crippen LogP contribution in [0, 0.1) is 10.1 Å². The third kappa shape index (κ3) is 1.66. The number of aryl methyl sites for hydroxylation is 1. The summed E-state index contributed by atoms with van der Waals surface area (Å²) in [5.74, 6) is 0.187. The maximum absolute atomic E-state index is 10.5. The molecule has 6 nitrogen and oxygen atoms in total. The highest BCUT2D eigenvalue weighted by molar-refractivity contribution is 5.62. The maximum atomic E-state index is 10.5. The van der Waals surface area contributed by atoms with E-state index in [1.807, 2.05) is 0 Å². The van der Waals surface area contributed by atoms with Crippen LogP contribution in [0.5, 0.6) is 0 Å². The van der Waals surface area contributed by atoms with Crippen LogP contribution in [-0.4, -0.2) is 21.8 Å². The fourth-order valence-electron chi connectivity index (χ4n) is 0.905. The number of nitrogens with zero attached hydrogens (tertiary/aromatic N) is 3. The second-order valence-electron chi connectivity index (χ2n) is 2.42. The molecule has 1 heterocycles. The van der Waals surface area contributed by atoms with Gasteiger partial charge in [-0.2, -0.15) is 5.10 Å². The fourth-order valence-corrected chi connectivity index (χ4v) is 0.905. The molecule has 0 amide bonds. The molecule has 0 spiro atoms. The van der Waals surface area contributed by atoms with Crippen molar-refractivity contribution in [2.24, 2.45) is 7.05 Å². The Labute approximate surface area is 74.6 Å². The van der Waals surface area contributed by atoms with Crippen molar-refractivity contribution in [2.45, 2.75) is 0 Å². The molecule has 1 aromatic heterocycles. The predicted molar refractivity (Wildman–Crippen MR) is 45.9 cm³/mol. The van der Waals surface area contributed by atoms with E-state index in [9.17, 15) is 10.1 Å². The summed E-state index contributed by atoms with van der Waals surface area (Å²) >= 11 is 0. The van der Waals surface area contributed by atoms with Gasteiger partial charge in [0.2, 0.25) is 5.69 Å². The monoisotopic (exact) mass is 183 g/mol. The molecule has 0 aliphatic carbocycles. The topological polar surface area (TPSA) is 70.2 Å². The van der Waals surface area contributed by atoms with Gasteiger partial charge in [0.1, 0.15) is 12.0 Å². The normalized spacial score (nSPS) is 9.69. The van der Waals surface area contributed by atoms with E-state index < -0.39 is 4.92 Å². The van der Waals surface area contributed by atoms with Crippen molar-refractivity contribution in [3.8, 4) is 0 Å². The van der Waals surface area contributed by atoms with Crippen LogP contribution in [0.3, 0.4) is 0 Å². The molecular weight excluding hydrogens is 174 g/mol. The van der Waals surface area contributed by atoms with Crippen LogP contribution in [0.2, 0.25) is 0 Å². The van der Waals surface area contributed by atoms with Gasteiger partial charge < -0.3 is 4.74 Å². The summed E-state index contributed by atoms with van der Waals surface area (Å²) in [6, 6.07) is 0. The minimum atomic E-state index is -0.521. The average molecular weight is 183 g/mol. The van der Waals surface area contributed by atoms with E-state index in [0.29, 0.717) is 0 Å². The standard InChI is InChI=1S/C7H9N3O3/c1-5(13-3)7-6(10(11)12)4-9(2)8-7/h4H,1H2,2-3H3. The second-order valence-corrected chi connectivity index (χ2v) is 2.42. The number of ether oxygens (including phenoxy) is 1. The van der Waals surface area contributed by atoms with Gasteiger partial charge in [0.15, 0.2) is 0 Å². The molecule has 0 saturated carbocycles. The van der Waals surface area contributed by atoms with E-state index in [0.717, 1.165) is 0 Å². The highest BCUT2D eigenvalue weighted by atomic mass is 16.6. The van der Waals surface area contributed by atoms with Gasteiger partial charge >= 0.3 is 5.69 Å². The van der Waals surface area contributed by atoms with Crippen molar-refractivity contribution in [3.05, 3.63) is 28.6 Å². The van der Waals surface area contributed by atoms with Crippen LogP contribution in [0.1, 0.15) is 5.69 Å². The minimum absolute atomic E-state index is 0.102. The Morgan fingerprint density at radius 1 is 1.85 bits per heavy atom. The van der Waals surface area contributed by atoms with E-state index in [2.05, 4.69) is 11.7 Å². The molecule has 0 aliphatic rings. The molecule has 0 fully saturated rings. The Morgan fingerprint density at radius 2 is 2.46 bits per heavy atom. The van der Waals surface area contributed by atoms with Crippen molar-refractivity contribution in [1.82, 2.24) is 9.78 Å². The van der Waals surface area contributed by atoms with E-state index in [-0.39, 0.29) is 17.1 Å². The van der Waals surface area contributed by atoms with Gasteiger partial charge in [0, 0.05) is 7.05 Å². The van der Waals surface area contributed by atoms with Gasteiger partial charge in [-0.15, -0.1) is 0 Å². The number of nitro groups is 1. The van der Waals surface area contributed by atoms with Gasteiger partial charge in [-0.05, 0) is 0 Å². The molecule has 0 radical (unpaired) electrons. The SMILES string of the molecule is C=C(OC)c1nn(C)cc1[N+](=O)[O-]. The van der Waals surface area contributed by atoms with Gasteiger partial charge in [-0.1, -0.05) is 6.58 Å². The van der Waals surface area contributed by atoms with Crippen LogP contribution in [-0.2, 0) is 11.8 Å². The van der Waals surface area contributed by atoms with E-state index in [1.165, 1.54) is 18.0 Å². The Balaban J connectivity index is 3.19. The van der Waals surface area contributed by atoms with Gasteiger partial charge in [-0.25, -0.2) is 0 Å². The minimum Gasteiger partial charge on any atom is -0.495 e. The summed E-state index contributed by atoms with van der Waals surface area (Å²) in [5.41, 5.74) is 0.0596. The summed E-state index contributed by atoms with van der Waals surface area (Å²) < 4.78 is 6.11. The Hall–Kier alpha value is -1.85. The molecule has 6 heteroatoms. The van der Waals surface area contributed by atoms with Crippen LogP contribution < -0.4 is 0 Å². The zero-order chi connectivity index (χ0) is 10.0. The smallest absolute Gasteiger partial charge is 0.318 e. The van der Waals surface area contributed by atoms with Crippen molar-refractivity contribution in [3.63, 3.8) is 0 Å². The van der Waals surface area contributed by atoms with Crippen LogP contribution in [0.25, 0.3) is 5.76 Å². The summed E-state index contributed by atoms with van der Waals surface area (Å²) in [6.45, 7) is 3.50. The van der Waals surface area contributed by atoms with E-state index in [1.54, 1.807) is 7.05 Å². The maximum Gasteiger partial charge on any atom is 0.318 e. The second kappa shape index (κ2) is 3.26. The Bertz CT molecular complexity index is 356. The van der Waals surface area contributed by atoms with Crippen molar-refractivity contribution in [1.29, 1.82) is 0 Å². The first kappa shape index (κ1) is 9.24. The van der Waals surface area contributed by atoms with Crippen molar-refractivity contribution < 1.29 is 9.66 Å². The van der Waals surface area contributed by atoms with E-state index >= 15 is 0 Å². The lowest BCUT2D eigenvalue weighted by Gasteiger charge is -1.97. The predicted octanol–water partition coefficient (Wildman–Crippen LogP) is 0.945. The number of hydrogen-bond donors (Lipinski definition) is 0. The van der Waals surface area contributed by atoms with Crippen molar-refractivity contribution >= 4 is 11.4 Å². The fraction of sp³-hybridized carbons (Fsp3) is 0.286. The van der Waals surface area contributed by atoms with Gasteiger partial charge in [-0.3, -0.25) is 14.8 Å².